The van der Waals surface area contributed by atoms with E-state index in [1.807, 2.05) is 6.07 Å². The molecule has 0 atom stereocenters. The van der Waals surface area contributed by atoms with Gasteiger partial charge in [0, 0.05) is 31.9 Å². The van der Waals surface area contributed by atoms with Crippen LogP contribution in [0.2, 0.25) is 0 Å². The van der Waals surface area contributed by atoms with E-state index in [2.05, 4.69) is 15.3 Å². The molecule has 3 rings (SSSR count). The molecule has 1 aromatic carbocycles. The first kappa shape index (κ1) is 16.6. The van der Waals surface area contributed by atoms with Crippen molar-refractivity contribution in [1.82, 2.24) is 19.9 Å². The molecule has 0 spiro atoms. The Balaban J connectivity index is 1.59. The lowest BCUT2D eigenvalue weighted by atomic mass is 10.2. The van der Waals surface area contributed by atoms with Crippen molar-refractivity contribution in [3.8, 4) is 0 Å². The van der Waals surface area contributed by atoms with Crippen LogP contribution in [0.15, 0.2) is 58.4 Å². The maximum Gasteiger partial charge on any atom is 0.328 e. The van der Waals surface area contributed by atoms with Gasteiger partial charge in [-0.15, -0.1) is 0 Å². The minimum Gasteiger partial charge on any atom is -0.352 e. The average molecular weight is 338 g/mol. The minimum absolute atomic E-state index is 0.130. The number of aromatic amines is 1. The summed E-state index contributed by atoms with van der Waals surface area (Å²) in [5.41, 5.74) is 0.635. The Labute approximate surface area is 143 Å². The number of hydrogen-bond acceptors (Lipinski definition) is 4. The average Bonchev–Trinajstić information content (AvgIpc) is 2.63. The van der Waals surface area contributed by atoms with E-state index in [1.54, 1.807) is 42.7 Å². The zero-order valence-electron chi connectivity index (χ0n) is 13.6. The van der Waals surface area contributed by atoms with Crippen molar-refractivity contribution in [3.63, 3.8) is 0 Å². The summed E-state index contributed by atoms with van der Waals surface area (Å²) < 4.78 is 1.14. The van der Waals surface area contributed by atoms with Crippen LogP contribution in [-0.4, -0.2) is 20.4 Å². The fourth-order valence-corrected chi connectivity index (χ4v) is 2.59. The predicted octanol–water partition coefficient (Wildman–Crippen LogP) is 1.18. The van der Waals surface area contributed by atoms with E-state index in [1.165, 1.54) is 0 Å². The fraction of sp³-hybridized carbons (Fsp3) is 0.222. The van der Waals surface area contributed by atoms with Crippen LogP contribution in [-0.2, 0) is 17.9 Å². The molecule has 3 aromatic rings. The van der Waals surface area contributed by atoms with Gasteiger partial charge in [0.25, 0.3) is 5.56 Å². The number of para-hydroxylation sites is 1. The van der Waals surface area contributed by atoms with Gasteiger partial charge in [0.1, 0.15) is 0 Å². The molecule has 25 heavy (non-hydrogen) atoms. The Hall–Kier alpha value is -3.22. The van der Waals surface area contributed by atoms with E-state index < -0.39 is 5.69 Å². The van der Waals surface area contributed by atoms with E-state index in [0.29, 0.717) is 23.9 Å². The summed E-state index contributed by atoms with van der Waals surface area (Å²) in [5.74, 6) is -0.130. The molecule has 2 aromatic heterocycles. The number of pyridine rings is 1. The maximum atomic E-state index is 12.4. The molecule has 7 nitrogen and oxygen atoms in total. The lowest BCUT2D eigenvalue weighted by Gasteiger charge is -2.07. The highest BCUT2D eigenvalue weighted by atomic mass is 16.2. The van der Waals surface area contributed by atoms with Gasteiger partial charge in [-0.05, 0) is 30.2 Å². The lowest BCUT2D eigenvalue weighted by Crippen LogP contribution is -2.35. The van der Waals surface area contributed by atoms with Crippen molar-refractivity contribution in [1.29, 1.82) is 0 Å². The van der Waals surface area contributed by atoms with Crippen LogP contribution in [0, 0.1) is 0 Å². The number of benzene rings is 1. The molecule has 7 heteroatoms. The van der Waals surface area contributed by atoms with Crippen LogP contribution < -0.4 is 16.6 Å². The van der Waals surface area contributed by atoms with Crippen molar-refractivity contribution in [3.05, 3.63) is 75.2 Å². The third-order valence-corrected chi connectivity index (χ3v) is 3.89. The maximum absolute atomic E-state index is 12.4. The highest BCUT2D eigenvalue weighted by molar-refractivity contribution is 5.77. The van der Waals surface area contributed by atoms with Gasteiger partial charge < -0.3 is 10.3 Å². The second-order valence-corrected chi connectivity index (χ2v) is 5.67. The first-order valence-electron chi connectivity index (χ1n) is 8.02. The molecule has 0 unspecified atom stereocenters. The van der Waals surface area contributed by atoms with Crippen LogP contribution in [0.4, 0.5) is 0 Å². The summed E-state index contributed by atoms with van der Waals surface area (Å²) in [6.07, 6.45) is 4.00. The molecule has 0 aliphatic heterocycles. The zero-order chi connectivity index (χ0) is 17.6. The number of fused-ring (bicyclic) bond motifs is 1. The van der Waals surface area contributed by atoms with Crippen LogP contribution in [0.25, 0.3) is 10.9 Å². The van der Waals surface area contributed by atoms with Crippen LogP contribution in [0.3, 0.4) is 0 Å². The first-order chi connectivity index (χ1) is 12.1. The van der Waals surface area contributed by atoms with Crippen LogP contribution >= 0.6 is 0 Å². The van der Waals surface area contributed by atoms with Crippen LogP contribution in [0.5, 0.6) is 0 Å². The number of aromatic nitrogens is 3. The molecule has 128 valence electrons. The third-order valence-electron chi connectivity index (χ3n) is 3.89. The van der Waals surface area contributed by atoms with Gasteiger partial charge in [-0.3, -0.25) is 19.1 Å². The number of amides is 1. The number of carbonyl (C=O) groups excluding carboxylic acids is 1. The predicted molar refractivity (Wildman–Crippen MR) is 94.1 cm³/mol. The molecule has 0 saturated carbocycles. The second kappa shape index (κ2) is 7.57. The summed E-state index contributed by atoms with van der Waals surface area (Å²) in [6.45, 7) is 0.600. The summed E-state index contributed by atoms with van der Waals surface area (Å²) in [5, 5.41) is 3.25. The van der Waals surface area contributed by atoms with E-state index in [-0.39, 0.29) is 24.4 Å². The standard InChI is InChI=1S/C18H18N4O3/c23-16(20-12-13-5-3-9-19-11-13)8-4-10-22-17(24)14-6-1-2-7-15(14)21-18(22)25/h1-3,5-7,9,11H,4,8,10,12H2,(H,20,23)(H,21,25). The Morgan fingerprint density at radius 2 is 2.00 bits per heavy atom. The molecule has 0 bridgehead atoms. The van der Waals surface area contributed by atoms with Gasteiger partial charge in [0.2, 0.25) is 5.91 Å². The number of rotatable bonds is 6. The van der Waals surface area contributed by atoms with Crippen LogP contribution in [0.1, 0.15) is 18.4 Å². The van der Waals surface area contributed by atoms with Gasteiger partial charge in [-0.1, -0.05) is 18.2 Å². The molecular formula is C18H18N4O3. The van der Waals surface area contributed by atoms with Gasteiger partial charge in [-0.25, -0.2) is 4.79 Å². The van der Waals surface area contributed by atoms with Gasteiger partial charge in [-0.2, -0.15) is 0 Å². The molecule has 2 heterocycles. The Kier molecular flexibility index (Phi) is 5.03. The number of H-pyrrole nitrogens is 1. The van der Waals surface area contributed by atoms with Crippen molar-refractivity contribution < 1.29 is 4.79 Å². The second-order valence-electron chi connectivity index (χ2n) is 5.67. The quantitative estimate of drug-likeness (QED) is 0.705. The molecule has 0 saturated heterocycles. The lowest BCUT2D eigenvalue weighted by molar-refractivity contribution is -0.121. The van der Waals surface area contributed by atoms with Crippen molar-refractivity contribution >= 4 is 16.8 Å². The van der Waals surface area contributed by atoms with E-state index in [0.717, 1.165) is 10.1 Å². The molecule has 0 aliphatic carbocycles. The minimum atomic E-state index is -0.459. The van der Waals surface area contributed by atoms with E-state index in [9.17, 15) is 14.4 Å². The van der Waals surface area contributed by atoms with Crippen molar-refractivity contribution in [2.45, 2.75) is 25.9 Å². The number of nitrogens with one attached hydrogen (secondary N) is 2. The molecular weight excluding hydrogens is 320 g/mol. The SMILES string of the molecule is O=C(CCCn1c(=O)[nH]c2ccccc2c1=O)NCc1cccnc1. The summed E-state index contributed by atoms with van der Waals surface area (Å²) >= 11 is 0. The number of hydrogen-bond donors (Lipinski definition) is 2. The highest BCUT2D eigenvalue weighted by Gasteiger charge is 2.08. The fourth-order valence-electron chi connectivity index (χ4n) is 2.59. The largest absolute Gasteiger partial charge is 0.352 e. The summed E-state index contributed by atoms with van der Waals surface area (Å²) in [4.78, 5) is 43.0. The molecule has 2 N–H and O–H groups in total. The van der Waals surface area contributed by atoms with Gasteiger partial charge in [0.15, 0.2) is 0 Å². The molecule has 1 amide bonds. The smallest absolute Gasteiger partial charge is 0.328 e. The summed E-state index contributed by atoms with van der Waals surface area (Å²) in [7, 11) is 0. The molecule has 0 radical (unpaired) electrons. The highest BCUT2D eigenvalue weighted by Crippen LogP contribution is 2.03. The van der Waals surface area contributed by atoms with Gasteiger partial charge >= 0.3 is 5.69 Å². The number of carbonyl (C=O) groups is 1. The Morgan fingerprint density at radius 3 is 2.80 bits per heavy atom. The zero-order valence-corrected chi connectivity index (χ0v) is 13.6. The normalized spacial score (nSPS) is 10.7. The van der Waals surface area contributed by atoms with Crippen molar-refractivity contribution in [2.75, 3.05) is 0 Å². The number of nitrogens with zero attached hydrogens (tertiary/aromatic N) is 2. The Morgan fingerprint density at radius 1 is 1.16 bits per heavy atom. The van der Waals surface area contributed by atoms with Gasteiger partial charge in [0.05, 0.1) is 10.9 Å². The van der Waals surface area contributed by atoms with E-state index in [4.69, 9.17) is 0 Å². The topological polar surface area (TPSA) is 96.9 Å². The first-order valence-corrected chi connectivity index (χ1v) is 8.02. The van der Waals surface area contributed by atoms with E-state index >= 15 is 0 Å². The molecule has 0 aliphatic rings. The monoisotopic (exact) mass is 338 g/mol. The Bertz CT molecular complexity index is 992. The molecule has 0 fully saturated rings. The third kappa shape index (κ3) is 4.00. The van der Waals surface area contributed by atoms with Crippen molar-refractivity contribution in [2.24, 2.45) is 0 Å². The summed E-state index contributed by atoms with van der Waals surface area (Å²) in [6, 6.07) is 10.5.